The van der Waals surface area contributed by atoms with Crippen LogP contribution in [0.25, 0.3) is 0 Å². The van der Waals surface area contributed by atoms with Crippen molar-refractivity contribution >= 4 is 11.8 Å². The average Bonchev–Trinajstić information content (AvgIpc) is 2.84. The number of nitrogens with one attached hydrogen (secondary N) is 1. The van der Waals surface area contributed by atoms with Gasteiger partial charge in [0.05, 0.1) is 6.54 Å². The number of carboxylic acids is 1. The summed E-state index contributed by atoms with van der Waals surface area (Å²) in [6.07, 6.45) is 1.49. The molecule has 7 heteroatoms. The predicted octanol–water partition coefficient (Wildman–Crippen LogP) is 1.00. The van der Waals surface area contributed by atoms with Crippen molar-refractivity contribution in [3.05, 3.63) is 36.0 Å². The second-order valence-corrected chi connectivity index (χ2v) is 3.56. The second kappa shape index (κ2) is 5.26. The van der Waals surface area contributed by atoms with Gasteiger partial charge in [-0.25, -0.2) is 19.4 Å². The number of aromatic carboxylic acids is 1. The van der Waals surface area contributed by atoms with Crippen LogP contribution in [-0.4, -0.2) is 30.8 Å². The third kappa shape index (κ3) is 2.62. The van der Waals surface area contributed by atoms with Crippen molar-refractivity contribution in [3.63, 3.8) is 0 Å². The zero-order chi connectivity index (χ0) is 13.0. The third-order valence-electron chi connectivity index (χ3n) is 2.39. The summed E-state index contributed by atoms with van der Waals surface area (Å²) in [5, 5.41) is 15.9. The number of rotatable bonds is 5. The number of carboxylic acid groups (broad SMARTS) is 1. The molecule has 0 aliphatic rings. The number of hydrogen-bond acceptors (Lipinski definition) is 5. The number of anilines is 1. The van der Waals surface area contributed by atoms with Crippen LogP contribution in [0.5, 0.6) is 0 Å². The van der Waals surface area contributed by atoms with E-state index in [1.807, 2.05) is 6.92 Å². The molecule has 94 valence electrons. The number of aromatic nitrogens is 4. The molecular weight excluding hydrogens is 234 g/mol. The summed E-state index contributed by atoms with van der Waals surface area (Å²) in [6, 6.07) is 4.80. The van der Waals surface area contributed by atoms with Crippen molar-refractivity contribution in [3.8, 4) is 0 Å². The van der Waals surface area contributed by atoms with Gasteiger partial charge in [-0.05, 0) is 19.1 Å². The van der Waals surface area contributed by atoms with Crippen molar-refractivity contribution in [1.82, 2.24) is 19.7 Å². The molecule has 0 amide bonds. The van der Waals surface area contributed by atoms with Gasteiger partial charge in [-0.2, -0.15) is 5.10 Å². The summed E-state index contributed by atoms with van der Waals surface area (Å²) in [4.78, 5) is 18.8. The van der Waals surface area contributed by atoms with E-state index in [4.69, 9.17) is 5.11 Å². The van der Waals surface area contributed by atoms with Crippen LogP contribution in [0, 0.1) is 0 Å². The van der Waals surface area contributed by atoms with Crippen molar-refractivity contribution in [1.29, 1.82) is 0 Å². The van der Waals surface area contributed by atoms with Gasteiger partial charge < -0.3 is 10.4 Å². The Morgan fingerprint density at radius 1 is 1.50 bits per heavy atom. The highest BCUT2D eigenvalue weighted by molar-refractivity contribution is 5.85. The fourth-order valence-corrected chi connectivity index (χ4v) is 1.51. The Bertz CT molecular complexity index is 552. The molecule has 0 fully saturated rings. The maximum atomic E-state index is 10.8. The summed E-state index contributed by atoms with van der Waals surface area (Å²) in [7, 11) is 0. The van der Waals surface area contributed by atoms with Crippen LogP contribution >= 0.6 is 0 Å². The van der Waals surface area contributed by atoms with Gasteiger partial charge in [-0.3, -0.25) is 0 Å². The molecule has 2 aromatic rings. The topological polar surface area (TPSA) is 92.9 Å². The van der Waals surface area contributed by atoms with Gasteiger partial charge in [0.1, 0.15) is 18.0 Å². The number of hydrogen-bond donors (Lipinski definition) is 2. The lowest BCUT2D eigenvalue weighted by atomic mass is 10.3. The Balaban J connectivity index is 2.06. The second-order valence-electron chi connectivity index (χ2n) is 3.56. The van der Waals surface area contributed by atoms with Crippen LogP contribution in [0.1, 0.15) is 23.2 Å². The average molecular weight is 247 g/mol. The highest BCUT2D eigenvalue weighted by Crippen LogP contribution is 2.06. The van der Waals surface area contributed by atoms with Gasteiger partial charge in [-0.15, -0.1) is 0 Å². The third-order valence-corrected chi connectivity index (χ3v) is 2.39. The molecule has 0 atom stereocenters. The lowest BCUT2D eigenvalue weighted by Gasteiger charge is -2.06. The van der Waals surface area contributed by atoms with Gasteiger partial charge >= 0.3 is 5.97 Å². The fraction of sp³-hybridized carbons (Fsp3) is 0.273. The number of pyridine rings is 1. The maximum Gasteiger partial charge on any atom is 0.354 e. The summed E-state index contributed by atoms with van der Waals surface area (Å²) >= 11 is 0. The van der Waals surface area contributed by atoms with Crippen molar-refractivity contribution in [2.24, 2.45) is 0 Å². The van der Waals surface area contributed by atoms with Crippen molar-refractivity contribution in [2.45, 2.75) is 20.0 Å². The van der Waals surface area contributed by atoms with Crippen LogP contribution in [0.15, 0.2) is 24.5 Å². The number of nitrogens with zero attached hydrogens (tertiary/aromatic N) is 4. The van der Waals surface area contributed by atoms with E-state index in [1.165, 1.54) is 12.4 Å². The standard InChI is InChI=1S/C11H13N5O2/c1-2-16-10(13-7-14-16)6-12-9-5-3-4-8(15-9)11(17)18/h3-5,7H,2,6H2,1H3,(H,12,15)(H,17,18). The highest BCUT2D eigenvalue weighted by atomic mass is 16.4. The van der Waals surface area contributed by atoms with Crippen LogP contribution in [-0.2, 0) is 13.1 Å². The molecular formula is C11H13N5O2. The lowest BCUT2D eigenvalue weighted by molar-refractivity contribution is 0.0690. The first-order chi connectivity index (χ1) is 8.70. The monoisotopic (exact) mass is 247 g/mol. The van der Waals surface area contributed by atoms with Gasteiger partial charge in [0, 0.05) is 6.54 Å². The van der Waals surface area contributed by atoms with E-state index >= 15 is 0 Å². The highest BCUT2D eigenvalue weighted by Gasteiger charge is 2.06. The van der Waals surface area contributed by atoms with E-state index in [1.54, 1.807) is 16.8 Å². The summed E-state index contributed by atoms with van der Waals surface area (Å²) in [5.74, 6) is 0.232. The SMILES string of the molecule is CCn1ncnc1CNc1cccc(C(=O)O)n1. The molecule has 0 aliphatic carbocycles. The lowest BCUT2D eigenvalue weighted by Crippen LogP contribution is -2.10. The maximum absolute atomic E-state index is 10.8. The van der Waals surface area contributed by atoms with Gasteiger partial charge in [0.2, 0.25) is 0 Å². The molecule has 0 bridgehead atoms. The molecule has 0 spiro atoms. The molecule has 0 unspecified atom stereocenters. The molecule has 2 rings (SSSR count). The van der Waals surface area contributed by atoms with E-state index in [0.717, 1.165) is 12.4 Å². The first-order valence-corrected chi connectivity index (χ1v) is 5.51. The van der Waals surface area contributed by atoms with Crippen LogP contribution in [0.2, 0.25) is 0 Å². The molecule has 2 heterocycles. The molecule has 0 saturated heterocycles. The normalized spacial score (nSPS) is 10.3. The van der Waals surface area contributed by atoms with Crippen molar-refractivity contribution < 1.29 is 9.90 Å². The molecule has 2 N–H and O–H groups in total. The molecule has 2 aromatic heterocycles. The Hall–Kier alpha value is -2.44. The van der Waals surface area contributed by atoms with E-state index < -0.39 is 5.97 Å². The molecule has 0 aromatic carbocycles. The number of aryl methyl sites for hydroxylation is 1. The first-order valence-electron chi connectivity index (χ1n) is 5.51. The fourth-order valence-electron chi connectivity index (χ4n) is 1.51. The summed E-state index contributed by atoms with van der Waals surface area (Å²) in [5.41, 5.74) is 0.0111. The summed E-state index contributed by atoms with van der Waals surface area (Å²) in [6.45, 7) is 3.16. The Morgan fingerprint density at radius 2 is 2.33 bits per heavy atom. The van der Waals surface area contributed by atoms with Crippen LogP contribution in [0.3, 0.4) is 0 Å². The van der Waals surface area contributed by atoms with Gasteiger partial charge in [0.15, 0.2) is 5.69 Å². The van der Waals surface area contributed by atoms with Crippen LogP contribution < -0.4 is 5.32 Å². The Labute approximate surface area is 104 Å². The Morgan fingerprint density at radius 3 is 3.06 bits per heavy atom. The quantitative estimate of drug-likeness (QED) is 0.818. The minimum atomic E-state index is -1.05. The summed E-state index contributed by atoms with van der Waals surface area (Å²) < 4.78 is 1.76. The van der Waals surface area contributed by atoms with E-state index in [-0.39, 0.29) is 5.69 Å². The zero-order valence-electron chi connectivity index (χ0n) is 9.87. The van der Waals surface area contributed by atoms with E-state index in [0.29, 0.717) is 12.4 Å². The van der Waals surface area contributed by atoms with Crippen LogP contribution in [0.4, 0.5) is 5.82 Å². The molecule has 18 heavy (non-hydrogen) atoms. The minimum Gasteiger partial charge on any atom is -0.477 e. The first kappa shape index (κ1) is 12.0. The molecule has 0 saturated carbocycles. The Kier molecular flexibility index (Phi) is 3.52. The zero-order valence-corrected chi connectivity index (χ0v) is 9.87. The van der Waals surface area contributed by atoms with Crippen molar-refractivity contribution in [2.75, 3.05) is 5.32 Å². The number of carbonyl (C=O) groups is 1. The molecule has 0 radical (unpaired) electrons. The van der Waals surface area contributed by atoms with Gasteiger partial charge in [-0.1, -0.05) is 6.07 Å². The molecule has 0 aliphatic heterocycles. The minimum absolute atomic E-state index is 0.0111. The van der Waals surface area contributed by atoms with E-state index in [9.17, 15) is 4.79 Å². The predicted molar refractivity (Wildman–Crippen MR) is 64.2 cm³/mol. The smallest absolute Gasteiger partial charge is 0.354 e. The molecule has 7 nitrogen and oxygen atoms in total. The largest absolute Gasteiger partial charge is 0.477 e. The van der Waals surface area contributed by atoms with Gasteiger partial charge in [0.25, 0.3) is 0 Å². The van der Waals surface area contributed by atoms with E-state index in [2.05, 4.69) is 20.4 Å².